The Kier molecular flexibility index (Phi) is 6.00. The monoisotopic (exact) mass is 257 g/mol. The fraction of sp³-hybridized carbons (Fsp3) is 0.125. The molecule has 2 heteroatoms. The Bertz CT molecular complexity index is 497. The summed E-state index contributed by atoms with van der Waals surface area (Å²) >= 11 is 0. The molecule has 2 aromatic carbocycles. The molecule has 0 heterocycles. The Morgan fingerprint density at radius 1 is 0.889 bits per heavy atom. The van der Waals surface area contributed by atoms with Crippen molar-refractivity contribution in [3.63, 3.8) is 0 Å². The van der Waals surface area contributed by atoms with Gasteiger partial charge in [-0.1, -0.05) is 60.5 Å². The van der Waals surface area contributed by atoms with Crippen molar-refractivity contribution in [2.75, 3.05) is 6.54 Å². The van der Waals surface area contributed by atoms with E-state index in [9.17, 15) is 0 Å². The summed E-state index contributed by atoms with van der Waals surface area (Å²) in [4.78, 5) is 0. The number of rotatable bonds is 4. The van der Waals surface area contributed by atoms with E-state index < -0.39 is 0 Å². The predicted octanol–water partition coefficient (Wildman–Crippen LogP) is 3.50. The van der Waals surface area contributed by atoms with Gasteiger partial charge in [0.15, 0.2) is 0 Å². The van der Waals surface area contributed by atoms with Crippen LogP contribution in [0.15, 0.2) is 54.6 Å². The third-order valence-corrected chi connectivity index (χ3v) is 2.62. The minimum atomic E-state index is 0. The van der Waals surface area contributed by atoms with E-state index in [0.717, 1.165) is 6.54 Å². The van der Waals surface area contributed by atoms with Gasteiger partial charge >= 0.3 is 0 Å². The molecule has 0 saturated carbocycles. The molecular formula is C16H16ClN. The van der Waals surface area contributed by atoms with Crippen LogP contribution in [0.25, 0.3) is 11.1 Å². The standard InChI is InChI=1S/C16H15N.ClH/c1-2-12-17-13-14-8-10-16(11-9-14)15-6-4-3-5-7-15;/h1,3-11,17H,12-13H2;1H. The van der Waals surface area contributed by atoms with Gasteiger partial charge in [0.05, 0.1) is 6.54 Å². The fourth-order valence-corrected chi connectivity index (χ4v) is 1.72. The van der Waals surface area contributed by atoms with Crippen molar-refractivity contribution in [1.29, 1.82) is 0 Å². The van der Waals surface area contributed by atoms with E-state index in [1.807, 2.05) is 6.07 Å². The highest BCUT2D eigenvalue weighted by molar-refractivity contribution is 5.85. The first-order valence-electron chi connectivity index (χ1n) is 5.68. The van der Waals surface area contributed by atoms with E-state index in [0.29, 0.717) is 6.54 Å². The van der Waals surface area contributed by atoms with Crippen molar-refractivity contribution in [3.8, 4) is 23.5 Å². The SMILES string of the molecule is C#CCNCc1ccc(-c2ccccc2)cc1.Cl. The van der Waals surface area contributed by atoms with Gasteiger partial charge in [0.2, 0.25) is 0 Å². The maximum atomic E-state index is 5.18. The third kappa shape index (κ3) is 3.92. The van der Waals surface area contributed by atoms with Crippen LogP contribution in [-0.4, -0.2) is 6.54 Å². The van der Waals surface area contributed by atoms with Gasteiger partial charge in [0.25, 0.3) is 0 Å². The Hall–Kier alpha value is -1.75. The molecule has 0 aliphatic heterocycles. The van der Waals surface area contributed by atoms with Gasteiger partial charge in [0, 0.05) is 6.54 Å². The lowest BCUT2D eigenvalue weighted by atomic mass is 10.0. The van der Waals surface area contributed by atoms with Crippen LogP contribution in [-0.2, 0) is 6.54 Å². The van der Waals surface area contributed by atoms with Crippen molar-refractivity contribution in [2.24, 2.45) is 0 Å². The summed E-state index contributed by atoms with van der Waals surface area (Å²) in [5.74, 6) is 2.56. The smallest absolute Gasteiger partial charge is 0.0576 e. The number of nitrogens with one attached hydrogen (secondary N) is 1. The summed E-state index contributed by atoms with van der Waals surface area (Å²) in [5, 5.41) is 3.17. The molecule has 2 rings (SSSR count). The number of hydrogen-bond donors (Lipinski definition) is 1. The lowest BCUT2D eigenvalue weighted by molar-refractivity contribution is 0.770. The zero-order valence-corrected chi connectivity index (χ0v) is 10.9. The maximum Gasteiger partial charge on any atom is 0.0576 e. The van der Waals surface area contributed by atoms with Gasteiger partial charge in [0.1, 0.15) is 0 Å². The van der Waals surface area contributed by atoms with Gasteiger partial charge in [-0.25, -0.2) is 0 Å². The molecule has 0 radical (unpaired) electrons. The number of terminal acetylenes is 1. The largest absolute Gasteiger partial charge is 0.302 e. The Labute approximate surface area is 115 Å². The second-order valence-corrected chi connectivity index (χ2v) is 3.87. The molecule has 0 aromatic heterocycles. The normalized spacial score (nSPS) is 9.28. The first-order valence-corrected chi connectivity index (χ1v) is 5.68. The van der Waals surface area contributed by atoms with Crippen LogP contribution in [0.1, 0.15) is 5.56 Å². The summed E-state index contributed by atoms with van der Waals surface area (Å²) in [7, 11) is 0. The Balaban J connectivity index is 0.00000162. The quantitative estimate of drug-likeness (QED) is 0.653. The average Bonchev–Trinajstić information content (AvgIpc) is 2.41. The van der Waals surface area contributed by atoms with Crippen LogP contribution in [0.2, 0.25) is 0 Å². The fourth-order valence-electron chi connectivity index (χ4n) is 1.72. The minimum Gasteiger partial charge on any atom is -0.302 e. The molecule has 0 aliphatic rings. The van der Waals surface area contributed by atoms with Crippen molar-refractivity contribution in [2.45, 2.75) is 6.54 Å². The summed E-state index contributed by atoms with van der Waals surface area (Å²) in [5.41, 5.74) is 3.74. The van der Waals surface area contributed by atoms with E-state index in [1.54, 1.807) is 0 Å². The second-order valence-electron chi connectivity index (χ2n) is 3.87. The van der Waals surface area contributed by atoms with Crippen molar-refractivity contribution < 1.29 is 0 Å². The zero-order valence-electron chi connectivity index (χ0n) is 10.1. The average molecular weight is 258 g/mol. The first-order chi connectivity index (χ1) is 8.40. The Morgan fingerprint density at radius 3 is 2.11 bits per heavy atom. The summed E-state index contributed by atoms with van der Waals surface area (Å²) < 4.78 is 0. The molecule has 18 heavy (non-hydrogen) atoms. The summed E-state index contributed by atoms with van der Waals surface area (Å²) in [6, 6.07) is 18.9. The maximum absolute atomic E-state index is 5.18. The van der Waals surface area contributed by atoms with Crippen LogP contribution in [0.4, 0.5) is 0 Å². The molecule has 0 unspecified atom stereocenters. The predicted molar refractivity (Wildman–Crippen MR) is 79.7 cm³/mol. The lowest BCUT2D eigenvalue weighted by Gasteiger charge is -2.04. The highest BCUT2D eigenvalue weighted by Crippen LogP contribution is 2.18. The highest BCUT2D eigenvalue weighted by atomic mass is 35.5. The lowest BCUT2D eigenvalue weighted by Crippen LogP contribution is -2.12. The van der Waals surface area contributed by atoms with Gasteiger partial charge in [-0.05, 0) is 16.7 Å². The van der Waals surface area contributed by atoms with Gasteiger partial charge < -0.3 is 5.32 Å². The van der Waals surface area contributed by atoms with E-state index in [1.165, 1.54) is 16.7 Å². The zero-order chi connectivity index (χ0) is 11.9. The second kappa shape index (κ2) is 7.55. The molecule has 0 fully saturated rings. The third-order valence-electron chi connectivity index (χ3n) is 2.62. The molecule has 0 saturated heterocycles. The van der Waals surface area contributed by atoms with Crippen LogP contribution in [0.5, 0.6) is 0 Å². The van der Waals surface area contributed by atoms with Crippen LogP contribution in [0.3, 0.4) is 0 Å². The molecule has 0 spiro atoms. The summed E-state index contributed by atoms with van der Waals surface area (Å²) in [6.45, 7) is 1.43. The molecule has 0 bridgehead atoms. The molecule has 92 valence electrons. The number of halogens is 1. The van der Waals surface area contributed by atoms with Crippen molar-refractivity contribution in [3.05, 3.63) is 60.2 Å². The van der Waals surface area contributed by atoms with Crippen LogP contribution >= 0.6 is 12.4 Å². The van der Waals surface area contributed by atoms with E-state index in [-0.39, 0.29) is 12.4 Å². The number of benzene rings is 2. The highest BCUT2D eigenvalue weighted by Gasteiger charge is 1.96. The van der Waals surface area contributed by atoms with Crippen LogP contribution in [0, 0.1) is 12.3 Å². The molecule has 2 aromatic rings. The topological polar surface area (TPSA) is 12.0 Å². The minimum absolute atomic E-state index is 0. The van der Waals surface area contributed by atoms with E-state index in [2.05, 4.69) is 59.8 Å². The molecule has 1 nitrogen and oxygen atoms in total. The van der Waals surface area contributed by atoms with Gasteiger partial charge in [-0.3, -0.25) is 0 Å². The molecule has 0 aliphatic carbocycles. The molecule has 0 atom stereocenters. The molecular weight excluding hydrogens is 242 g/mol. The first kappa shape index (κ1) is 14.3. The van der Waals surface area contributed by atoms with Gasteiger partial charge in [-0.2, -0.15) is 0 Å². The van der Waals surface area contributed by atoms with E-state index >= 15 is 0 Å². The van der Waals surface area contributed by atoms with Crippen molar-refractivity contribution >= 4 is 12.4 Å². The van der Waals surface area contributed by atoms with Crippen molar-refractivity contribution in [1.82, 2.24) is 5.32 Å². The van der Waals surface area contributed by atoms with Crippen LogP contribution < -0.4 is 5.32 Å². The number of hydrogen-bond acceptors (Lipinski definition) is 1. The molecule has 0 amide bonds. The molecule has 1 N–H and O–H groups in total. The summed E-state index contributed by atoms with van der Waals surface area (Å²) in [6.07, 6.45) is 5.18. The van der Waals surface area contributed by atoms with Gasteiger partial charge in [-0.15, -0.1) is 18.8 Å². The van der Waals surface area contributed by atoms with E-state index in [4.69, 9.17) is 6.42 Å². The Morgan fingerprint density at radius 2 is 1.50 bits per heavy atom.